The van der Waals surface area contributed by atoms with Crippen molar-refractivity contribution < 1.29 is 0 Å². The fourth-order valence-corrected chi connectivity index (χ4v) is 1.81. The first-order valence-corrected chi connectivity index (χ1v) is 5.55. The van der Waals surface area contributed by atoms with Gasteiger partial charge in [0.15, 0.2) is 0 Å². The third-order valence-corrected chi connectivity index (χ3v) is 2.67. The van der Waals surface area contributed by atoms with E-state index in [9.17, 15) is 0 Å². The van der Waals surface area contributed by atoms with Gasteiger partial charge in [-0.3, -0.25) is 5.10 Å². The number of aromatic amines is 1. The van der Waals surface area contributed by atoms with Crippen LogP contribution in [0, 0.1) is 6.92 Å². The van der Waals surface area contributed by atoms with Crippen molar-refractivity contribution in [2.75, 3.05) is 13.6 Å². The van der Waals surface area contributed by atoms with Crippen molar-refractivity contribution in [2.24, 2.45) is 0 Å². The Labute approximate surface area is 95.9 Å². The van der Waals surface area contributed by atoms with Crippen LogP contribution in [0.3, 0.4) is 0 Å². The highest BCUT2D eigenvalue weighted by Gasteiger charge is 2.06. The summed E-state index contributed by atoms with van der Waals surface area (Å²) in [6.07, 6.45) is 2.87. The molecule has 0 atom stereocenters. The van der Waals surface area contributed by atoms with E-state index in [1.807, 2.05) is 13.2 Å². The number of H-pyrrole nitrogens is 1. The number of hydrogen-bond donors (Lipinski definition) is 2. The third kappa shape index (κ3) is 2.31. The number of benzene rings is 1. The third-order valence-electron chi connectivity index (χ3n) is 2.67. The Morgan fingerprint density at radius 1 is 1.38 bits per heavy atom. The maximum absolute atomic E-state index is 4.13. The summed E-state index contributed by atoms with van der Waals surface area (Å²) < 4.78 is 0. The molecule has 0 bridgehead atoms. The van der Waals surface area contributed by atoms with Crippen LogP contribution in [-0.2, 0) is 6.42 Å². The molecule has 1 aromatic heterocycles. The Kier molecular flexibility index (Phi) is 3.37. The minimum atomic E-state index is 0.959. The van der Waals surface area contributed by atoms with Crippen molar-refractivity contribution in [1.82, 2.24) is 15.5 Å². The highest BCUT2D eigenvalue weighted by Crippen LogP contribution is 2.22. The smallest absolute Gasteiger partial charge is 0.0568 e. The fraction of sp³-hybridized carbons (Fsp3) is 0.308. The Morgan fingerprint density at radius 3 is 3.00 bits per heavy atom. The van der Waals surface area contributed by atoms with Gasteiger partial charge in [0, 0.05) is 24.2 Å². The molecule has 3 nitrogen and oxygen atoms in total. The lowest BCUT2D eigenvalue weighted by atomic mass is 10.0. The molecule has 16 heavy (non-hydrogen) atoms. The van der Waals surface area contributed by atoms with Gasteiger partial charge in [0.1, 0.15) is 0 Å². The molecule has 2 rings (SSSR count). The lowest BCUT2D eigenvalue weighted by molar-refractivity contribution is 0.773. The lowest BCUT2D eigenvalue weighted by Gasteiger charge is -2.04. The molecule has 2 aromatic rings. The second-order valence-electron chi connectivity index (χ2n) is 3.99. The highest BCUT2D eigenvalue weighted by molar-refractivity contribution is 5.65. The van der Waals surface area contributed by atoms with E-state index >= 15 is 0 Å². The Balaban J connectivity index is 2.29. The zero-order chi connectivity index (χ0) is 11.4. The number of nitrogens with one attached hydrogen (secondary N) is 2. The summed E-state index contributed by atoms with van der Waals surface area (Å²) in [6.45, 7) is 3.07. The molecule has 0 spiro atoms. The van der Waals surface area contributed by atoms with E-state index in [-0.39, 0.29) is 0 Å². The summed E-state index contributed by atoms with van der Waals surface area (Å²) in [5.74, 6) is 0. The molecule has 0 radical (unpaired) electrons. The average Bonchev–Trinajstić information content (AvgIpc) is 2.74. The molecule has 0 saturated heterocycles. The molecular formula is C13H17N3. The van der Waals surface area contributed by atoms with E-state index in [1.54, 1.807) is 0 Å². The molecule has 2 N–H and O–H groups in total. The molecular weight excluding hydrogens is 198 g/mol. The van der Waals surface area contributed by atoms with Crippen molar-refractivity contribution in [1.29, 1.82) is 0 Å². The maximum atomic E-state index is 4.13. The van der Waals surface area contributed by atoms with Crippen molar-refractivity contribution in [2.45, 2.75) is 13.3 Å². The molecule has 0 aliphatic heterocycles. The minimum absolute atomic E-state index is 0.959. The fourth-order valence-electron chi connectivity index (χ4n) is 1.81. The van der Waals surface area contributed by atoms with E-state index < -0.39 is 0 Å². The summed E-state index contributed by atoms with van der Waals surface area (Å²) in [7, 11) is 1.96. The molecule has 0 aliphatic rings. The van der Waals surface area contributed by atoms with Crippen LogP contribution in [0.1, 0.15) is 11.3 Å². The first kappa shape index (κ1) is 10.9. The molecule has 1 heterocycles. The lowest BCUT2D eigenvalue weighted by Crippen LogP contribution is -2.11. The quantitative estimate of drug-likeness (QED) is 0.820. The van der Waals surface area contributed by atoms with Gasteiger partial charge in [-0.25, -0.2) is 0 Å². The van der Waals surface area contributed by atoms with E-state index in [0.717, 1.165) is 13.0 Å². The Hall–Kier alpha value is -1.61. The second kappa shape index (κ2) is 4.94. The Bertz CT molecular complexity index is 460. The summed E-state index contributed by atoms with van der Waals surface area (Å²) in [4.78, 5) is 0. The van der Waals surface area contributed by atoms with Crippen molar-refractivity contribution in [3.8, 4) is 11.1 Å². The van der Waals surface area contributed by atoms with Crippen LogP contribution < -0.4 is 5.32 Å². The Morgan fingerprint density at radius 2 is 2.25 bits per heavy atom. The molecule has 0 aliphatic carbocycles. The SMILES string of the molecule is CNCCc1[nH]ncc1-c1cccc(C)c1. The number of hydrogen-bond acceptors (Lipinski definition) is 2. The van der Waals surface area contributed by atoms with Gasteiger partial charge in [-0.15, -0.1) is 0 Å². The van der Waals surface area contributed by atoms with Crippen LogP contribution in [-0.4, -0.2) is 23.8 Å². The van der Waals surface area contributed by atoms with Gasteiger partial charge in [0.2, 0.25) is 0 Å². The largest absolute Gasteiger partial charge is 0.319 e. The van der Waals surface area contributed by atoms with E-state index in [1.165, 1.54) is 22.4 Å². The second-order valence-corrected chi connectivity index (χ2v) is 3.99. The van der Waals surface area contributed by atoms with E-state index in [4.69, 9.17) is 0 Å². The van der Waals surface area contributed by atoms with E-state index in [2.05, 4.69) is 46.7 Å². The first-order chi connectivity index (χ1) is 7.81. The maximum Gasteiger partial charge on any atom is 0.0568 e. The minimum Gasteiger partial charge on any atom is -0.319 e. The van der Waals surface area contributed by atoms with Crippen molar-refractivity contribution >= 4 is 0 Å². The zero-order valence-electron chi connectivity index (χ0n) is 9.75. The highest BCUT2D eigenvalue weighted by atomic mass is 15.1. The van der Waals surface area contributed by atoms with Gasteiger partial charge in [-0.1, -0.05) is 29.8 Å². The van der Waals surface area contributed by atoms with Crippen LogP contribution in [0.5, 0.6) is 0 Å². The van der Waals surface area contributed by atoms with Crippen molar-refractivity contribution in [3.05, 3.63) is 41.7 Å². The van der Waals surface area contributed by atoms with Gasteiger partial charge < -0.3 is 5.32 Å². The summed E-state index contributed by atoms with van der Waals surface area (Å²) >= 11 is 0. The average molecular weight is 215 g/mol. The number of aryl methyl sites for hydroxylation is 1. The van der Waals surface area contributed by atoms with Crippen LogP contribution >= 0.6 is 0 Å². The molecule has 0 saturated carbocycles. The van der Waals surface area contributed by atoms with Crippen LogP contribution in [0.2, 0.25) is 0 Å². The number of likely N-dealkylation sites (N-methyl/N-ethyl adjacent to an activating group) is 1. The van der Waals surface area contributed by atoms with Crippen LogP contribution in [0.15, 0.2) is 30.5 Å². The van der Waals surface area contributed by atoms with Gasteiger partial charge in [0.25, 0.3) is 0 Å². The topological polar surface area (TPSA) is 40.7 Å². The normalized spacial score (nSPS) is 10.6. The summed E-state index contributed by atoms with van der Waals surface area (Å²) in [5.41, 5.74) is 4.91. The standard InChI is InChI=1S/C13H17N3/c1-10-4-3-5-11(8-10)12-9-15-16-13(12)6-7-14-2/h3-5,8-9,14H,6-7H2,1-2H3,(H,15,16). The summed E-state index contributed by atoms with van der Waals surface area (Å²) in [5, 5.41) is 10.3. The zero-order valence-corrected chi connectivity index (χ0v) is 9.75. The van der Waals surface area contributed by atoms with Crippen LogP contribution in [0.25, 0.3) is 11.1 Å². The molecule has 0 unspecified atom stereocenters. The van der Waals surface area contributed by atoms with E-state index in [0.29, 0.717) is 0 Å². The monoisotopic (exact) mass is 215 g/mol. The van der Waals surface area contributed by atoms with Crippen molar-refractivity contribution in [3.63, 3.8) is 0 Å². The molecule has 0 fully saturated rings. The van der Waals surface area contributed by atoms with Gasteiger partial charge in [-0.05, 0) is 19.5 Å². The van der Waals surface area contributed by atoms with Crippen LogP contribution in [0.4, 0.5) is 0 Å². The molecule has 3 heteroatoms. The first-order valence-electron chi connectivity index (χ1n) is 5.55. The van der Waals surface area contributed by atoms with Gasteiger partial charge in [0.05, 0.1) is 6.20 Å². The summed E-state index contributed by atoms with van der Waals surface area (Å²) in [6, 6.07) is 8.50. The number of aromatic nitrogens is 2. The van der Waals surface area contributed by atoms with Gasteiger partial charge >= 0.3 is 0 Å². The predicted octanol–water partition coefficient (Wildman–Crippen LogP) is 2.15. The number of nitrogens with zero attached hydrogens (tertiary/aromatic N) is 1. The molecule has 0 amide bonds. The molecule has 84 valence electrons. The van der Waals surface area contributed by atoms with Gasteiger partial charge in [-0.2, -0.15) is 5.10 Å². The number of rotatable bonds is 4. The molecule has 1 aromatic carbocycles. The predicted molar refractivity (Wildman–Crippen MR) is 66.4 cm³/mol.